The number of amides is 1. The summed E-state index contributed by atoms with van der Waals surface area (Å²) in [5, 5.41) is 12.7. The van der Waals surface area contributed by atoms with E-state index in [2.05, 4.69) is 29.7 Å². The average Bonchev–Trinajstić information content (AvgIpc) is 3.44. The second kappa shape index (κ2) is 13.2. The zero-order chi connectivity index (χ0) is 31.5. The van der Waals surface area contributed by atoms with Crippen LogP contribution in [0.5, 0.6) is 5.75 Å². The summed E-state index contributed by atoms with van der Waals surface area (Å²) >= 11 is 7.90. The number of nitrogens with zero attached hydrogens (tertiary/aromatic N) is 3. The van der Waals surface area contributed by atoms with Crippen LogP contribution < -0.4 is 15.4 Å². The quantitative estimate of drug-likeness (QED) is 0.158. The van der Waals surface area contributed by atoms with Crippen LogP contribution in [-0.2, 0) is 17.2 Å². The Morgan fingerprint density at radius 3 is 2.38 bits per heavy atom. The van der Waals surface area contributed by atoms with E-state index in [4.69, 9.17) is 26.4 Å². The molecule has 0 radical (unpaired) electrons. The molecule has 0 spiro atoms. The lowest BCUT2D eigenvalue weighted by atomic mass is 9.94. The number of hydrogen-bond donors (Lipinski definition) is 2. The fraction of sp³-hybridized carbons (Fsp3) is 0.194. The van der Waals surface area contributed by atoms with Crippen molar-refractivity contribution in [2.45, 2.75) is 51.3 Å². The predicted octanol–water partition coefficient (Wildman–Crippen LogP) is 8.66. The highest BCUT2D eigenvalue weighted by atomic mass is 35.5. The van der Waals surface area contributed by atoms with Crippen LogP contribution in [0.3, 0.4) is 0 Å². The molecule has 9 heteroatoms. The first-order chi connectivity index (χ1) is 21.8. The van der Waals surface area contributed by atoms with Gasteiger partial charge in [0.05, 0.1) is 5.57 Å². The zero-order valence-electron chi connectivity index (χ0n) is 25.6. The van der Waals surface area contributed by atoms with Crippen LogP contribution in [0.2, 0.25) is 5.02 Å². The summed E-state index contributed by atoms with van der Waals surface area (Å²) in [6.45, 7) is 8.50. The van der Waals surface area contributed by atoms with Crippen LogP contribution >= 0.6 is 23.4 Å². The summed E-state index contributed by atoms with van der Waals surface area (Å²) in [6, 6.07) is 29.2. The van der Waals surface area contributed by atoms with Crippen molar-refractivity contribution in [3.05, 3.63) is 141 Å². The van der Waals surface area contributed by atoms with Gasteiger partial charge >= 0.3 is 0 Å². The molecule has 0 saturated heterocycles. The fourth-order valence-electron chi connectivity index (χ4n) is 5.31. The molecule has 2 N–H and O–H groups in total. The number of aryl methyl sites for hydroxylation is 2. The van der Waals surface area contributed by atoms with Gasteiger partial charge in [0.1, 0.15) is 18.4 Å². The lowest BCUT2D eigenvalue weighted by Gasteiger charge is -2.29. The standard InChI is InChI=1S/C36H34ClN5O2S/c1-22-11-9-15-31(24(22)3)39-34(43)32-25(4)38-35-40-36(45-21-28-13-7-8-14-30(28)37)41-42(35)33(32)26-16-18-29(19-17-26)44-20-27-12-6-5-10-23(27)2/h5-19,33H,20-21H2,1-4H3,(H,39,43)(H,38,40,41). The van der Waals surface area contributed by atoms with Crippen molar-refractivity contribution in [3.8, 4) is 5.75 Å². The van der Waals surface area contributed by atoms with Crippen molar-refractivity contribution in [2.24, 2.45) is 0 Å². The number of benzene rings is 4. The topological polar surface area (TPSA) is 81.1 Å². The zero-order valence-corrected chi connectivity index (χ0v) is 27.2. The van der Waals surface area contributed by atoms with Crippen molar-refractivity contribution >= 4 is 40.9 Å². The van der Waals surface area contributed by atoms with E-state index in [-0.39, 0.29) is 5.91 Å². The van der Waals surface area contributed by atoms with Crippen molar-refractivity contribution in [1.29, 1.82) is 0 Å². The van der Waals surface area contributed by atoms with E-state index in [1.54, 1.807) is 4.68 Å². The van der Waals surface area contributed by atoms with Crippen molar-refractivity contribution in [2.75, 3.05) is 10.6 Å². The van der Waals surface area contributed by atoms with Crippen molar-refractivity contribution in [1.82, 2.24) is 14.8 Å². The Hall–Kier alpha value is -4.53. The number of fused-ring (bicyclic) bond motifs is 1. The summed E-state index contributed by atoms with van der Waals surface area (Å²) in [7, 11) is 0. The molecule has 1 aliphatic heterocycles. The predicted molar refractivity (Wildman–Crippen MR) is 182 cm³/mol. The molecule has 5 aromatic rings. The van der Waals surface area contributed by atoms with Crippen LogP contribution in [0.15, 0.2) is 107 Å². The first-order valence-electron chi connectivity index (χ1n) is 14.7. The summed E-state index contributed by atoms with van der Waals surface area (Å²) in [6.07, 6.45) is 0. The minimum absolute atomic E-state index is 0.204. The van der Waals surface area contributed by atoms with E-state index in [1.807, 2.05) is 99.6 Å². The highest BCUT2D eigenvalue weighted by Crippen LogP contribution is 2.38. The number of anilines is 2. The van der Waals surface area contributed by atoms with Crippen molar-refractivity contribution < 1.29 is 9.53 Å². The Morgan fingerprint density at radius 1 is 0.911 bits per heavy atom. The van der Waals surface area contributed by atoms with Gasteiger partial charge in [0.2, 0.25) is 11.1 Å². The maximum absolute atomic E-state index is 14.0. The third-order valence-electron chi connectivity index (χ3n) is 8.10. The number of hydrogen-bond acceptors (Lipinski definition) is 6. The Morgan fingerprint density at radius 2 is 1.62 bits per heavy atom. The van der Waals surface area contributed by atoms with Gasteiger partial charge in [-0.2, -0.15) is 4.98 Å². The molecule has 0 fully saturated rings. The first kappa shape index (κ1) is 30.5. The minimum atomic E-state index is -0.515. The number of halogens is 1. The summed E-state index contributed by atoms with van der Waals surface area (Å²) in [5.41, 5.74) is 8.40. The molecule has 1 atom stereocenters. The lowest BCUT2D eigenvalue weighted by Crippen LogP contribution is -2.31. The number of carbonyl (C=O) groups excluding carboxylic acids is 1. The SMILES string of the molecule is CC1=C(C(=O)Nc2cccc(C)c2C)C(c2ccc(OCc3ccccc3C)cc2)n2nc(SCc3ccccc3Cl)nc2N1. The Bertz CT molecular complexity index is 1900. The van der Waals surface area contributed by atoms with E-state index in [0.29, 0.717) is 39.8 Å². The van der Waals surface area contributed by atoms with Gasteiger partial charge in [0.15, 0.2) is 0 Å². The Labute approximate surface area is 272 Å². The monoisotopic (exact) mass is 635 g/mol. The summed E-state index contributed by atoms with van der Waals surface area (Å²) in [5.74, 6) is 1.73. The fourth-order valence-corrected chi connectivity index (χ4v) is 6.42. The van der Waals surface area contributed by atoms with Gasteiger partial charge < -0.3 is 15.4 Å². The normalized spacial score (nSPS) is 14.1. The minimum Gasteiger partial charge on any atom is -0.489 e. The van der Waals surface area contributed by atoms with Gasteiger partial charge in [0.25, 0.3) is 5.91 Å². The maximum atomic E-state index is 14.0. The van der Waals surface area contributed by atoms with Gasteiger partial charge in [-0.05, 0) is 85.3 Å². The number of rotatable bonds is 9. The number of nitrogens with one attached hydrogen (secondary N) is 2. The molecule has 6 rings (SSSR count). The number of carbonyl (C=O) groups is 1. The molecule has 0 bridgehead atoms. The molecule has 0 saturated carbocycles. The molecule has 45 heavy (non-hydrogen) atoms. The molecule has 7 nitrogen and oxygen atoms in total. The van der Waals surface area contributed by atoms with Gasteiger partial charge in [0, 0.05) is 22.2 Å². The molecule has 4 aromatic carbocycles. The molecule has 2 heterocycles. The van der Waals surface area contributed by atoms with Crippen molar-refractivity contribution in [3.63, 3.8) is 0 Å². The number of aromatic nitrogens is 3. The molecule has 1 amide bonds. The summed E-state index contributed by atoms with van der Waals surface area (Å²) in [4.78, 5) is 18.8. The van der Waals surface area contributed by atoms with E-state index in [9.17, 15) is 4.79 Å². The van der Waals surface area contributed by atoms with E-state index in [1.165, 1.54) is 17.3 Å². The smallest absolute Gasteiger partial charge is 0.255 e. The summed E-state index contributed by atoms with van der Waals surface area (Å²) < 4.78 is 7.91. The van der Waals surface area contributed by atoms with Gasteiger partial charge in [-0.1, -0.05) is 90.1 Å². The molecular formula is C36H34ClN5O2S. The molecule has 1 unspecified atom stereocenters. The third kappa shape index (κ3) is 6.62. The molecule has 228 valence electrons. The Kier molecular flexibility index (Phi) is 8.96. The van der Waals surface area contributed by atoms with Crippen LogP contribution in [0.25, 0.3) is 0 Å². The van der Waals surface area contributed by atoms with Crippen LogP contribution in [0.1, 0.15) is 46.3 Å². The van der Waals surface area contributed by atoms with Gasteiger partial charge in [-0.3, -0.25) is 4.79 Å². The molecule has 1 aliphatic rings. The molecule has 0 aliphatic carbocycles. The van der Waals surface area contributed by atoms with E-state index < -0.39 is 6.04 Å². The van der Waals surface area contributed by atoms with Gasteiger partial charge in [-0.15, -0.1) is 5.10 Å². The highest BCUT2D eigenvalue weighted by molar-refractivity contribution is 7.98. The van der Waals surface area contributed by atoms with Crippen LogP contribution in [-0.4, -0.2) is 20.7 Å². The van der Waals surface area contributed by atoms with E-state index >= 15 is 0 Å². The lowest BCUT2D eigenvalue weighted by molar-refractivity contribution is -0.113. The number of ether oxygens (including phenoxy) is 1. The van der Waals surface area contributed by atoms with Crippen LogP contribution in [0, 0.1) is 20.8 Å². The second-order valence-electron chi connectivity index (χ2n) is 11.1. The number of allylic oxidation sites excluding steroid dienone is 1. The average molecular weight is 636 g/mol. The van der Waals surface area contributed by atoms with Crippen LogP contribution in [0.4, 0.5) is 11.6 Å². The second-order valence-corrected chi connectivity index (χ2v) is 12.4. The third-order valence-corrected chi connectivity index (χ3v) is 9.35. The van der Waals surface area contributed by atoms with E-state index in [0.717, 1.165) is 39.3 Å². The maximum Gasteiger partial charge on any atom is 0.255 e. The Balaban J connectivity index is 1.31. The first-order valence-corrected chi connectivity index (χ1v) is 16.1. The number of thioether (sulfide) groups is 1. The molecular weight excluding hydrogens is 602 g/mol. The van der Waals surface area contributed by atoms with Gasteiger partial charge in [-0.25, -0.2) is 4.68 Å². The largest absolute Gasteiger partial charge is 0.489 e. The molecule has 1 aromatic heterocycles. The highest BCUT2D eigenvalue weighted by Gasteiger charge is 2.34.